The molecule has 0 aliphatic heterocycles. The first-order chi connectivity index (χ1) is 6.27. The van der Waals surface area contributed by atoms with Crippen LogP contribution in [0.3, 0.4) is 0 Å². The van der Waals surface area contributed by atoms with Crippen LogP contribution >= 0.6 is 0 Å². The van der Waals surface area contributed by atoms with Crippen molar-refractivity contribution in [1.82, 2.24) is 9.97 Å². The van der Waals surface area contributed by atoms with Crippen LogP contribution < -0.4 is 0 Å². The smallest absolute Gasteiger partial charge is 0.136 e. The van der Waals surface area contributed by atoms with Gasteiger partial charge in [0, 0.05) is 25.2 Å². The van der Waals surface area contributed by atoms with Gasteiger partial charge in [-0.05, 0) is 0 Å². The summed E-state index contributed by atoms with van der Waals surface area (Å²) in [5, 5.41) is 8.94. The van der Waals surface area contributed by atoms with Gasteiger partial charge in [-0.15, -0.1) is 0 Å². The van der Waals surface area contributed by atoms with Gasteiger partial charge in [-0.2, -0.15) is 5.26 Å². The van der Waals surface area contributed by atoms with Crippen LogP contribution in [0.25, 0.3) is 0 Å². The minimum Gasteiger partial charge on any atom is -0.300 e. The minimum atomic E-state index is -0.689. The molecule has 0 spiro atoms. The highest BCUT2D eigenvalue weighted by Crippen LogP contribution is 2.38. The summed E-state index contributed by atoms with van der Waals surface area (Å²) in [7, 11) is 0. The van der Waals surface area contributed by atoms with Crippen molar-refractivity contribution >= 4 is 5.78 Å². The lowest BCUT2D eigenvalue weighted by atomic mass is 9.67. The third kappa shape index (κ3) is 1.09. The van der Waals surface area contributed by atoms with Crippen LogP contribution in [0.2, 0.25) is 0 Å². The van der Waals surface area contributed by atoms with Gasteiger partial charge in [0.25, 0.3) is 0 Å². The zero-order valence-electron chi connectivity index (χ0n) is 6.90. The van der Waals surface area contributed by atoms with Gasteiger partial charge in [-0.3, -0.25) is 14.8 Å². The average Bonchev–Trinajstić information content (AvgIpc) is 2.14. The number of ketones is 1. The molecule has 1 saturated carbocycles. The predicted molar refractivity (Wildman–Crippen MR) is 43.6 cm³/mol. The zero-order chi connectivity index (χ0) is 9.31. The molecule has 1 aromatic heterocycles. The van der Waals surface area contributed by atoms with Crippen molar-refractivity contribution in [2.75, 3.05) is 0 Å². The number of rotatable bonds is 1. The van der Waals surface area contributed by atoms with Gasteiger partial charge in [0.05, 0.1) is 18.0 Å². The summed E-state index contributed by atoms with van der Waals surface area (Å²) < 4.78 is 0. The fourth-order valence-corrected chi connectivity index (χ4v) is 1.49. The Morgan fingerprint density at radius 1 is 1.46 bits per heavy atom. The predicted octanol–water partition coefficient (Wildman–Crippen LogP) is 0.601. The van der Waals surface area contributed by atoms with E-state index in [9.17, 15) is 4.79 Å². The molecule has 13 heavy (non-hydrogen) atoms. The van der Waals surface area contributed by atoms with Crippen molar-refractivity contribution in [2.24, 2.45) is 0 Å². The number of nitrogens with zero attached hydrogens (tertiary/aromatic N) is 3. The van der Waals surface area contributed by atoms with E-state index in [4.69, 9.17) is 5.26 Å². The van der Waals surface area contributed by atoms with Gasteiger partial charge in [-0.25, -0.2) is 0 Å². The number of Topliss-reactive ketones (excluding diaryl/α,β-unsaturated/α-hetero) is 1. The molecule has 0 unspecified atom stereocenters. The zero-order valence-corrected chi connectivity index (χ0v) is 6.90. The van der Waals surface area contributed by atoms with Crippen molar-refractivity contribution in [1.29, 1.82) is 5.26 Å². The van der Waals surface area contributed by atoms with Crippen molar-refractivity contribution in [2.45, 2.75) is 18.3 Å². The van der Waals surface area contributed by atoms with Crippen LogP contribution in [0.1, 0.15) is 18.5 Å². The van der Waals surface area contributed by atoms with E-state index in [1.807, 2.05) is 0 Å². The number of nitriles is 1. The van der Waals surface area contributed by atoms with E-state index < -0.39 is 5.41 Å². The van der Waals surface area contributed by atoms with Crippen LogP contribution in [0.15, 0.2) is 18.6 Å². The van der Waals surface area contributed by atoms with Crippen LogP contribution in [-0.2, 0) is 10.2 Å². The van der Waals surface area contributed by atoms with Crippen LogP contribution in [0.4, 0.5) is 0 Å². The Balaban J connectivity index is 2.36. The van der Waals surface area contributed by atoms with Gasteiger partial charge >= 0.3 is 0 Å². The Kier molecular flexibility index (Phi) is 1.59. The largest absolute Gasteiger partial charge is 0.300 e. The summed E-state index contributed by atoms with van der Waals surface area (Å²) in [6, 6.07) is 2.14. The Morgan fingerprint density at radius 2 is 2.23 bits per heavy atom. The SMILES string of the molecule is N#CC1(c2cnccn2)CC(=O)C1. The first-order valence-corrected chi connectivity index (χ1v) is 3.96. The summed E-state index contributed by atoms with van der Waals surface area (Å²) in [4.78, 5) is 18.8. The molecular weight excluding hydrogens is 166 g/mol. The van der Waals surface area contributed by atoms with Crippen molar-refractivity contribution in [3.63, 3.8) is 0 Å². The highest BCUT2D eigenvalue weighted by molar-refractivity contribution is 5.89. The lowest BCUT2D eigenvalue weighted by molar-refractivity contribution is -0.126. The van der Waals surface area contributed by atoms with E-state index in [0.717, 1.165) is 0 Å². The standard InChI is InChI=1S/C9H7N3O/c10-6-9(3-7(13)4-9)8-5-11-1-2-12-8/h1-2,5H,3-4H2. The molecule has 1 aliphatic rings. The van der Waals surface area contributed by atoms with E-state index in [-0.39, 0.29) is 18.6 Å². The number of aromatic nitrogens is 2. The Labute approximate surface area is 75.2 Å². The summed E-state index contributed by atoms with van der Waals surface area (Å²) in [5.74, 6) is 0.118. The maximum Gasteiger partial charge on any atom is 0.136 e. The van der Waals surface area contributed by atoms with Gasteiger partial charge in [-0.1, -0.05) is 0 Å². The molecule has 0 aromatic carbocycles. The van der Waals surface area contributed by atoms with Crippen molar-refractivity contribution in [3.8, 4) is 6.07 Å². The van der Waals surface area contributed by atoms with Gasteiger partial charge in [0.15, 0.2) is 0 Å². The average molecular weight is 173 g/mol. The fourth-order valence-electron chi connectivity index (χ4n) is 1.49. The molecule has 0 atom stereocenters. The molecule has 0 bridgehead atoms. The Bertz CT molecular complexity index is 372. The molecule has 1 aromatic rings. The summed E-state index contributed by atoms with van der Waals surface area (Å²) >= 11 is 0. The molecule has 0 amide bonds. The lowest BCUT2D eigenvalue weighted by Gasteiger charge is -2.32. The molecule has 1 fully saturated rings. The maximum atomic E-state index is 10.8. The fraction of sp³-hybridized carbons (Fsp3) is 0.333. The summed E-state index contributed by atoms with van der Waals surface area (Å²) in [6.07, 6.45) is 5.20. The van der Waals surface area contributed by atoms with E-state index in [1.165, 1.54) is 6.20 Å². The van der Waals surface area contributed by atoms with Crippen molar-refractivity contribution in [3.05, 3.63) is 24.3 Å². The minimum absolute atomic E-state index is 0.118. The van der Waals surface area contributed by atoms with E-state index >= 15 is 0 Å². The lowest BCUT2D eigenvalue weighted by Crippen LogP contribution is -2.41. The molecule has 0 N–H and O–H groups in total. The van der Waals surface area contributed by atoms with Gasteiger partial charge < -0.3 is 0 Å². The Morgan fingerprint density at radius 3 is 2.69 bits per heavy atom. The number of carbonyl (C=O) groups excluding carboxylic acids is 1. The number of hydrogen-bond acceptors (Lipinski definition) is 4. The molecule has 1 heterocycles. The topological polar surface area (TPSA) is 66.6 Å². The molecule has 2 rings (SSSR count). The molecule has 4 nitrogen and oxygen atoms in total. The van der Waals surface area contributed by atoms with Crippen LogP contribution in [-0.4, -0.2) is 15.8 Å². The van der Waals surface area contributed by atoms with Gasteiger partial charge in [0.2, 0.25) is 0 Å². The molecule has 1 aliphatic carbocycles. The molecule has 0 radical (unpaired) electrons. The third-order valence-corrected chi connectivity index (χ3v) is 2.27. The molecule has 0 saturated heterocycles. The monoisotopic (exact) mass is 173 g/mol. The molecular formula is C9H7N3O. The maximum absolute atomic E-state index is 10.8. The van der Waals surface area contributed by atoms with E-state index in [2.05, 4.69) is 16.0 Å². The third-order valence-electron chi connectivity index (χ3n) is 2.27. The summed E-state index contributed by atoms with van der Waals surface area (Å²) in [5.41, 5.74) is -0.0807. The quantitative estimate of drug-likeness (QED) is 0.623. The summed E-state index contributed by atoms with van der Waals surface area (Å²) in [6.45, 7) is 0. The first kappa shape index (κ1) is 7.87. The van der Waals surface area contributed by atoms with Crippen molar-refractivity contribution < 1.29 is 4.79 Å². The Hall–Kier alpha value is -1.76. The van der Waals surface area contributed by atoms with Crippen LogP contribution in [0, 0.1) is 11.3 Å². The number of carbonyl (C=O) groups is 1. The second-order valence-corrected chi connectivity index (χ2v) is 3.18. The van der Waals surface area contributed by atoms with E-state index in [0.29, 0.717) is 5.69 Å². The highest BCUT2D eigenvalue weighted by atomic mass is 16.1. The van der Waals surface area contributed by atoms with Crippen LogP contribution in [0.5, 0.6) is 0 Å². The number of hydrogen-bond donors (Lipinski definition) is 0. The molecule has 4 heteroatoms. The molecule has 64 valence electrons. The van der Waals surface area contributed by atoms with Gasteiger partial charge in [0.1, 0.15) is 11.2 Å². The highest BCUT2D eigenvalue weighted by Gasteiger charge is 2.46. The first-order valence-electron chi connectivity index (χ1n) is 3.96. The second-order valence-electron chi connectivity index (χ2n) is 3.18. The normalized spacial score (nSPS) is 18.8. The van der Waals surface area contributed by atoms with E-state index in [1.54, 1.807) is 12.4 Å². The second kappa shape index (κ2) is 2.63.